The normalized spacial score (nSPS) is 39.2. The summed E-state index contributed by atoms with van der Waals surface area (Å²) in [4.78, 5) is 12.1. The predicted octanol–water partition coefficient (Wildman–Crippen LogP) is 4.25. The Morgan fingerprint density at radius 1 is 1.14 bits per heavy atom. The average molecular weight is 294 g/mol. The summed E-state index contributed by atoms with van der Waals surface area (Å²) in [7, 11) is 0. The fourth-order valence-electron chi connectivity index (χ4n) is 5.04. The van der Waals surface area contributed by atoms with Gasteiger partial charge < -0.3 is 9.84 Å². The Morgan fingerprint density at radius 3 is 2.29 bits per heavy atom. The Kier molecular flexibility index (Phi) is 4.06. The highest BCUT2D eigenvalue weighted by molar-refractivity contribution is 5.75. The minimum Gasteiger partial charge on any atom is -0.481 e. The van der Waals surface area contributed by atoms with Crippen LogP contribution in [-0.2, 0) is 9.53 Å². The quantitative estimate of drug-likeness (QED) is 0.846. The molecule has 1 heterocycles. The zero-order valence-corrected chi connectivity index (χ0v) is 13.6. The molecule has 1 N–H and O–H groups in total. The standard InChI is InChI=1S/C18H30O3/c1-13(2)14-4-9-18(10-5-14,16(19)20)15-6-11-21-17(12-15)7-3-8-17/h13-15H,3-12H2,1-2H3,(H,19,20). The molecule has 1 saturated heterocycles. The van der Waals surface area contributed by atoms with Gasteiger partial charge in [-0.05, 0) is 75.5 Å². The molecule has 21 heavy (non-hydrogen) atoms. The van der Waals surface area contributed by atoms with Crippen LogP contribution in [0.15, 0.2) is 0 Å². The summed E-state index contributed by atoms with van der Waals surface area (Å²) in [5, 5.41) is 9.99. The zero-order chi connectivity index (χ0) is 15.1. The Bertz CT molecular complexity index is 389. The summed E-state index contributed by atoms with van der Waals surface area (Å²) >= 11 is 0. The average Bonchev–Trinajstić information content (AvgIpc) is 2.45. The van der Waals surface area contributed by atoms with E-state index in [-0.39, 0.29) is 5.60 Å². The van der Waals surface area contributed by atoms with E-state index in [0.717, 1.165) is 63.9 Å². The monoisotopic (exact) mass is 294 g/mol. The fourth-order valence-corrected chi connectivity index (χ4v) is 5.04. The zero-order valence-electron chi connectivity index (χ0n) is 13.6. The highest BCUT2D eigenvalue weighted by Gasteiger charge is 2.53. The Labute approximate surface area is 128 Å². The predicted molar refractivity (Wildman–Crippen MR) is 82.1 cm³/mol. The molecule has 0 radical (unpaired) electrons. The first-order valence-corrected chi connectivity index (χ1v) is 8.85. The first-order valence-electron chi connectivity index (χ1n) is 8.85. The Morgan fingerprint density at radius 2 is 1.81 bits per heavy atom. The second kappa shape index (κ2) is 5.57. The second-order valence-corrected chi connectivity index (χ2v) is 8.12. The summed E-state index contributed by atoms with van der Waals surface area (Å²) in [6.45, 7) is 5.32. The smallest absolute Gasteiger partial charge is 0.309 e. The molecule has 1 atom stereocenters. The summed E-state index contributed by atoms with van der Waals surface area (Å²) in [6, 6.07) is 0. The molecule has 120 valence electrons. The first-order chi connectivity index (χ1) is 9.97. The van der Waals surface area contributed by atoms with E-state index in [1.165, 1.54) is 6.42 Å². The van der Waals surface area contributed by atoms with Gasteiger partial charge in [-0.25, -0.2) is 0 Å². The number of rotatable bonds is 3. The maximum absolute atomic E-state index is 12.1. The van der Waals surface area contributed by atoms with Gasteiger partial charge >= 0.3 is 5.97 Å². The molecule has 0 bridgehead atoms. The van der Waals surface area contributed by atoms with Crippen molar-refractivity contribution in [1.82, 2.24) is 0 Å². The molecule has 1 aliphatic heterocycles. The van der Waals surface area contributed by atoms with Crippen molar-refractivity contribution in [3.8, 4) is 0 Å². The third-order valence-corrected chi connectivity index (χ3v) is 6.83. The maximum Gasteiger partial charge on any atom is 0.309 e. The Hall–Kier alpha value is -0.570. The van der Waals surface area contributed by atoms with Crippen molar-refractivity contribution in [3.63, 3.8) is 0 Å². The molecule has 0 aromatic heterocycles. The molecule has 3 nitrogen and oxygen atoms in total. The molecule has 0 aromatic carbocycles. The summed E-state index contributed by atoms with van der Waals surface area (Å²) in [6.07, 6.45) is 9.43. The molecule has 3 fully saturated rings. The molecule has 0 amide bonds. The van der Waals surface area contributed by atoms with Gasteiger partial charge in [-0.2, -0.15) is 0 Å². The van der Waals surface area contributed by atoms with E-state index in [9.17, 15) is 9.90 Å². The lowest BCUT2D eigenvalue weighted by molar-refractivity contribution is -0.181. The van der Waals surface area contributed by atoms with Crippen LogP contribution < -0.4 is 0 Å². The van der Waals surface area contributed by atoms with Crippen LogP contribution >= 0.6 is 0 Å². The van der Waals surface area contributed by atoms with Crippen molar-refractivity contribution in [2.75, 3.05) is 6.61 Å². The van der Waals surface area contributed by atoms with Gasteiger partial charge in [0.1, 0.15) is 0 Å². The van der Waals surface area contributed by atoms with Gasteiger partial charge in [-0.15, -0.1) is 0 Å². The van der Waals surface area contributed by atoms with Crippen molar-refractivity contribution < 1.29 is 14.6 Å². The lowest BCUT2D eigenvalue weighted by Crippen LogP contribution is -2.52. The van der Waals surface area contributed by atoms with E-state index in [2.05, 4.69) is 13.8 Å². The first kappa shape index (κ1) is 15.3. The molecular weight excluding hydrogens is 264 g/mol. The highest BCUT2D eigenvalue weighted by atomic mass is 16.5. The van der Waals surface area contributed by atoms with E-state index in [4.69, 9.17) is 4.74 Å². The van der Waals surface area contributed by atoms with Crippen LogP contribution in [0.25, 0.3) is 0 Å². The van der Waals surface area contributed by atoms with Gasteiger partial charge in [-0.1, -0.05) is 13.8 Å². The second-order valence-electron chi connectivity index (χ2n) is 8.12. The molecule has 3 heteroatoms. The number of carboxylic acids is 1. The van der Waals surface area contributed by atoms with E-state index in [0.29, 0.717) is 11.8 Å². The minimum absolute atomic E-state index is 0.0558. The van der Waals surface area contributed by atoms with Crippen molar-refractivity contribution >= 4 is 5.97 Å². The number of carbonyl (C=O) groups is 1. The van der Waals surface area contributed by atoms with Crippen LogP contribution in [0.5, 0.6) is 0 Å². The van der Waals surface area contributed by atoms with Gasteiger partial charge in [0.25, 0.3) is 0 Å². The van der Waals surface area contributed by atoms with E-state index in [1.807, 2.05) is 0 Å². The number of ether oxygens (including phenoxy) is 1. The lowest BCUT2D eigenvalue weighted by atomic mass is 9.57. The minimum atomic E-state index is -0.536. The molecule has 2 saturated carbocycles. The number of hydrogen-bond donors (Lipinski definition) is 1. The molecule has 3 aliphatic rings. The SMILES string of the molecule is CC(C)C1CCC(C(=O)O)(C2CCOC3(CCC3)C2)CC1. The third-order valence-electron chi connectivity index (χ3n) is 6.83. The molecular formula is C18H30O3. The van der Waals surface area contributed by atoms with Gasteiger partial charge in [0.2, 0.25) is 0 Å². The van der Waals surface area contributed by atoms with Crippen molar-refractivity contribution in [1.29, 1.82) is 0 Å². The van der Waals surface area contributed by atoms with Gasteiger partial charge in [-0.3, -0.25) is 4.79 Å². The van der Waals surface area contributed by atoms with Gasteiger partial charge in [0.05, 0.1) is 11.0 Å². The van der Waals surface area contributed by atoms with Crippen molar-refractivity contribution in [2.24, 2.45) is 23.2 Å². The Balaban J connectivity index is 1.74. The fraction of sp³-hybridized carbons (Fsp3) is 0.944. The van der Waals surface area contributed by atoms with E-state index >= 15 is 0 Å². The number of carboxylic acid groups (broad SMARTS) is 1. The lowest BCUT2D eigenvalue weighted by Gasteiger charge is -2.52. The highest BCUT2D eigenvalue weighted by Crippen LogP contribution is 2.54. The molecule has 1 spiro atoms. The van der Waals surface area contributed by atoms with Gasteiger partial charge in [0.15, 0.2) is 0 Å². The largest absolute Gasteiger partial charge is 0.481 e. The molecule has 1 unspecified atom stereocenters. The van der Waals surface area contributed by atoms with Crippen molar-refractivity contribution in [2.45, 2.75) is 77.2 Å². The third kappa shape index (κ3) is 2.62. The molecule has 2 aliphatic carbocycles. The summed E-state index contributed by atoms with van der Waals surface area (Å²) in [5.41, 5.74) is -0.405. The number of hydrogen-bond acceptors (Lipinski definition) is 2. The number of aliphatic carboxylic acids is 1. The van der Waals surface area contributed by atoms with Crippen molar-refractivity contribution in [3.05, 3.63) is 0 Å². The van der Waals surface area contributed by atoms with Crippen LogP contribution in [0, 0.1) is 23.2 Å². The summed E-state index contributed by atoms with van der Waals surface area (Å²) < 4.78 is 6.01. The van der Waals surface area contributed by atoms with Crippen LogP contribution in [0.3, 0.4) is 0 Å². The summed E-state index contributed by atoms with van der Waals surface area (Å²) in [5.74, 6) is 1.20. The van der Waals surface area contributed by atoms with Crippen LogP contribution in [0.2, 0.25) is 0 Å². The van der Waals surface area contributed by atoms with Crippen LogP contribution in [-0.4, -0.2) is 23.3 Å². The molecule has 0 aromatic rings. The van der Waals surface area contributed by atoms with E-state index in [1.54, 1.807) is 0 Å². The van der Waals surface area contributed by atoms with E-state index < -0.39 is 11.4 Å². The van der Waals surface area contributed by atoms with Crippen LogP contribution in [0.4, 0.5) is 0 Å². The van der Waals surface area contributed by atoms with Crippen LogP contribution in [0.1, 0.15) is 71.6 Å². The van der Waals surface area contributed by atoms with Gasteiger partial charge in [0, 0.05) is 6.61 Å². The molecule has 3 rings (SSSR count). The maximum atomic E-state index is 12.1. The topological polar surface area (TPSA) is 46.5 Å².